The summed E-state index contributed by atoms with van der Waals surface area (Å²) < 4.78 is 17.7. The second-order valence-corrected chi connectivity index (χ2v) is 5.96. The van der Waals surface area contributed by atoms with Crippen molar-refractivity contribution in [1.82, 2.24) is 9.78 Å². The fraction of sp³-hybridized carbons (Fsp3) is 0.421. The van der Waals surface area contributed by atoms with Crippen LogP contribution in [-0.4, -0.2) is 41.0 Å². The van der Waals surface area contributed by atoms with Crippen molar-refractivity contribution >= 4 is 17.6 Å². The fourth-order valence-corrected chi connectivity index (χ4v) is 2.44. The molecule has 1 N–H and O–H groups in total. The maximum absolute atomic E-state index is 12.3. The number of ether oxygens (including phenoxy) is 3. The summed E-state index contributed by atoms with van der Waals surface area (Å²) in [7, 11) is 1.79. The first kappa shape index (κ1) is 20.3. The Morgan fingerprint density at radius 3 is 2.37 bits per heavy atom. The van der Waals surface area contributed by atoms with Crippen LogP contribution >= 0.6 is 0 Å². The number of nitrogens with zero attached hydrogens (tertiary/aromatic N) is 2. The van der Waals surface area contributed by atoms with E-state index in [0.29, 0.717) is 29.5 Å². The van der Waals surface area contributed by atoms with Gasteiger partial charge in [-0.1, -0.05) is 12.1 Å². The zero-order chi connectivity index (χ0) is 20.0. The highest BCUT2D eigenvalue weighted by Crippen LogP contribution is 2.26. The first-order chi connectivity index (χ1) is 12.8. The molecule has 1 aromatic heterocycles. The first-order valence-electron chi connectivity index (χ1n) is 8.68. The number of carbonyl (C=O) groups excluding carboxylic acids is 2. The van der Waals surface area contributed by atoms with Crippen molar-refractivity contribution in [2.24, 2.45) is 7.05 Å². The van der Waals surface area contributed by atoms with Gasteiger partial charge in [0, 0.05) is 7.05 Å². The van der Waals surface area contributed by atoms with E-state index in [9.17, 15) is 9.59 Å². The summed E-state index contributed by atoms with van der Waals surface area (Å²) in [6.07, 6.45) is -0.970. The molecule has 1 aromatic carbocycles. The Hall–Kier alpha value is -3.03. The Morgan fingerprint density at radius 1 is 1.19 bits per heavy atom. The summed E-state index contributed by atoms with van der Waals surface area (Å²) in [6.45, 7) is 7.15. The molecule has 1 atom stereocenters. The summed E-state index contributed by atoms with van der Waals surface area (Å²) >= 11 is 0. The lowest BCUT2D eigenvalue weighted by Gasteiger charge is -2.15. The highest BCUT2D eigenvalue weighted by molar-refractivity contribution is 5.96. The van der Waals surface area contributed by atoms with Gasteiger partial charge in [-0.3, -0.25) is 9.48 Å². The van der Waals surface area contributed by atoms with Crippen LogP contribution in [-0.2, 0) is 21.4 Å². The largest absolute Gasteiger partial charge is 0.490 e. The number of esters is 1. The van der Waals surface area contributed by atoms with Crippen LogP contribution in [0.1, 0.15) is 25.2 Å². The number of amides is 1. The molecule has 8 heteroatoms. The molecule has 0 bridgehead atoms. The predicted octanol–water partition coefficient (Wildman–Crippen LogP) is 2.38. The third kappa shape index (κ3) is 5.22. The molecule has 2 aromatic rings. The van der Waals surface area contributed by atoms with E-state index >= 15 is 0 Å². The van der Waals surface area contributed by atoms with Gasteiger partial charge in [0.25, 0.3) is 5.91 Å². The average Bonchev–Trinajstić information content (AvgIpc) is 2.87. The smallest absolute Gasteiger partial charge is 0.344 e. The maximum atomic E-state index is 12.3. The monoisotopic (exact) mass is 375 g/mol. The molecule has 0 fully saturated rings. The van der Waals surface area contributed by atoms with Gasteiger partial charge in [0.1, 0.15) is 0 Å². The molecule has 0 aliphatic rings. The highest BCUT2D eigenvalue weighted by atomic mass is 16.6. The summed E-state index contributed by atoms with van der Waals surface area (Å²) in [6, 6.07) is 7.03. The molecule has 0 radical (unpaired) electrons. The minimum atomic E-state index is -0.970. The van der Waals surface area contributed by atoms with Gasteiger partial charge in [0.05, 0.1) is 23.7 Å². The van der Waals surface area contributed by atoms with Gasteiger partial charge in [-0.15, -0.1) is 0 Å². The third-order valence-corrected chi connectivity index (χ3v) is 3.93. The fourth-order valence-electron chi connectivity index (χ4n) is 2.44. The van der Waals surface area contributed by atoms with E-state index in [2.05, 4.69) is 10.4 Å². The Morgan fingerprint density at radius 2 is 1.81 bits per heavy atom. The Balaban J connectivity index is 1.89. The number of benzene rings is 1. The summed E-state index contributed by atoms with van der Waals surface area (Å²) in [5.41, 5.74) is 2.13. The van der Waals surface area contributed by atoms with Gasteiger partial charge in [0.15, 0.2) is 24.2 Å². The van der Waals surface area contributed by atoms with Crippen molar-refractivity contribution in [2.45, 2.75) is 33.8 Å². The van der Waals surface area contributed by atoms with Crippen LogP contribution in [0.3, 0.4) is 0 Å². The number of aryl methyl sites for hydroxylation is 2. The lowest BCUT2D eigenvalue weighted by Crippen LogP contribution is -2.32. The maximum Gasteiger partial charge on any atom is 0.344 e. The minimum Gasteiger partial charge on any atom is -0.490 e. The molecule has 2 rings (SSSR count). The van der Waals surface area contributed by atoms with Crippen LogP contribution in [0.5, 0.6) is 11.5 Å². The van der Waals surface area contributed by atoms with Crippen molar-refractivity contribution < 1.29 is 23.8 Å². The first-order valence-corrected chi connectivity index (χ1v) is 8.68. The number of anilines is 1. The molecular formula is C19H25N3O5. The number of para-hydroxylation sites is 2. The number of rotatable bonds is 8. The number of aromatic nitrogens is 2. The van der Waals surface area contributed by atoms with E-state index in [1.54, 1.807) is 36.9 Å². The lowest BCUT2D eigenvalue weighted by molar-refractivity contribution is -0.155. The van der Waals surface area contributed by atoms with E-state index < -0.39 is 18.0 Å². The number of hydrogen-bond donors (Lipinski definition) is 1. The van der Waals surface area contributed by atoms with Gasteiger partial charge < -0.3 is 19.5 Å². The van der Waals surface area contributed by atoms with Gasteiger partial charge in [-0.05, 0) is 39.8 Å². The van der Waals surface area contributed by atoms with Crippen molar-refractivity contribution in [3.63, 3.8) is 0 Å². The standard InChI is InChI=1S/C19H25N3O5/c1-6-25-15-9-7-8-10-16(15)26-11-17(23)27-14(4)19(24)20-18-12(2)21-22(5)13(18)3/h7-10,14H,6,11H2,1-5H3,(H,20,24). The lowest BCUT2D eigenvalue weighted by atomic mass is 10.3. The Bertz CT molecular complexity index is 816. The van der Waals surface area contributed by atoms with E-state index in [1.807, 2.05) is 19.9 Å². The molecule has 27 heavy (non-hydrogen) atoms. The predicted molar refractivity (Wildman–Crippen MR) is 100.0 cm³/mol. The zero-order valence-corrected chi connectivity index (χ0v) is 16.2. The molecular weight excluding hydrogens is 350 g/mol. The van der Waals surface area contributed by atoms with E-state index in [4.69, 9.17) is 14.2 Å². The van der Waals surface area contributed by atoms with E-state index in [1.165, 1.54) is 6.92 Å². The van der Waals surface area contributed by atoms with Gasteiger partial charge in [-0.2, -0.15) is 5.10 Å². The number of carbonyl (C=O) groups is 2. The van der Waals surface area contributed by atoms with Crippen LogP contribution in [0.2, 0.25) is 0 Å². The van der Waals surface area contributed by atoms with E-state index in [-0.39, 0.29) is 6.61 Å². The third-order valence-electron chi connectivity index (χ3n) is 3.93. The van der Waals surface area contributed by atoms with Crippen molar-refractivity contribution in [3.05, 3.63) is 35.7 Å². The molecule has 8 nitrogen and oxygen atoms in total. The molecule has 1 unspecified atom stereocenters. The van der Waals surface area contributed by atoms with Crippen LogP contribution in [0.25, 0.3) is 0 Å². The van der Waals surface area contributed by atoms with Gasteiger partial charge in [-0.25, -0.2) is 4.79 Å². The number of nitrogens with one attached hydrogen (secondary N) is 1. The molecule has 0 spiro atoms. The topological polar surface area (TPSA) is 91.7 Å². The van der Waals surface area contributed by atoms with Crippen LogP contribution in [0.4, 0.5) is 5.69 Å². The number of hydrogen-bond acceptors (Lipinski definition) is 6. The van der Waals surface area contributed by atoms with Crippen molar-refractivity contribution in [2.75, 3.05) is 18.5 Å². The van der Waals surface area contributed by atoms with Crippen LogP contribution < -0.4 is 14.8 Å². The minimum absolute atomic E-state index is 0.327. The molecule has 0 aliphatic carbocycles. The van der Waals surface area contributed by atoms with Gasteiger partial charge >= 0.3 is 5.97 Å². The summed E-state index contributed by atoms with van der Waals surface area (Å²) in [5.74, 6) is -0.100. The SMILES string of the molecule is CCOc1ccccc1OCC(=O)OC(C)C(=O)Nc1c(C)nn(C)c1C. The summed E-state index contributed by atoms with van der Waals surface area (Å²) in [4.78, 5) is 24.3. The second-order valence-electron chi connectivity index (χ2n) is 5.96. The Kier molecular flexibility index (Phi) is 6.81. The van der Waals surface area contributed by atoms with Crippen molar-refractivity contribution in [1.29, 1.82) is 0 Å². The Labute approximate surface area is 158 Å². The zero-order valence-electron chi connectivity index (χ0n) is 16.2. The van der Waals surface area contributed by atoms with Crippen LogP contribution in [0, 0.1) is 13.8 Å². The average molecular weight is 375 g/mol. The quantitative estimate of drug-likeness (QED) is 0.713. The normalized spacial score (nSPS) is 11.6. The molecule has 1 heterocycles. The van der Waals surface area contributed by atoms with E-state index in [0.717, 1.165) is 5.69 Å². The van der Waals surface area contributed by atoms with Crippen LogP contribution in [0.15, 0.2) is 24.3 Å². The highest BCUT2D eigenvalue weighted by Gasteiger charge is 2.21. The molecule has 146 valence electrons. The molecule has 1 amide bonds. The van der Waals surface area contributed by atoms with Crippen molar-refractivity contribution in [3.8, 4) is 11.5 Å². The molecule has 0 saturated carbocycles. The summed E-state index contributed by atoms with van der Waals surface area (Å²) in [5, 5.41) is 6.98. The second kappa shape index (κ2) is 9.07. The molecule has 0 aliphatic heterocycles. The molecule has 0 saturated heterocycles. The van der Waals surface area contributed by atoms with Gasteiger partial charge in [0.2, 0.25) is 0 Å².